The van der Waals surface area contributed by atoms with Crippen molar-refractivity contribution >= 4 is 35.5 Å². The molecule has 1 aromatic rings. The zero-order valence-corrected chi connectivity index (χ0v) is 19.0. The maximum absolute atomic E-state index is 13.0. The molecule has 0 radical (unpaired) electrons. The van der Waals surface area contributed by atoms with Crippen molar-refractivity contribution in [3.63, 3.8) is 0 Å². The number of nitrogens with one attached hydrogen (secondary N) is 2. The molecule has 1 atom stereocenters. The number of aryl methyl sites for hydroxylation is 1. The minimum atomic E-state index is -4.83. The number of aliphatic imine (C=N–C) groups is 1. The molecule has 184 valence electrons. The highest BCUT2D eigenvalue weighted by Crippen LogP contribution is 2.34. The average molecular weight is 473 g/mol. The summed E-state index contributed by atoms with van der Waals surface area (Å²) >= 11 is 0. The van der Waals surface area contributed by atoms with Gasteiger partial charge < -0.3 is 26.2 Å². The molecule has 0 aromatic carbocycles. The Morgan fingerprint density at radius 1 is 1.36 bits per heavy atom. The van der Waals surface area contributed by atoms with Gasteiger partial charge in [0.25, 0.3) is 5.91 Å². The second-order valence-electron chi connectivity index (χ2n) is 8.38. The Bertz CT molecular complexity index is 1030. The van der Waals surface area contributed by atoms with Gasteiger partial charge in [-0.2, -0.15) is 18.2 Å². The van der Waals surface area contributed by atoms with Crippen molar-refractivity contribution in [2.24, 2.45) is 16.6 Å². The number of anilines is 3. The number of alkyl halides is 3. The van der Waals surface area contributed by atoms with E-state index in [1.54, 1.807) is 18.9 Å². The smallest absolute Gasteiger partial charge is 0.394 e. The maximum atomic E-state index is 13.0. The van der Waals surface area contributed by atoms with Crippen LogP contribution < -0.4 is 21.3 Å². The van der Waals surface area contributed by atoms with E-state index in [0.29, 0.717) is 23.1 Å². The van der Waals surface area contributed by atoms with Crippen LogP contribution in [-0.2, 0) is 9.59 Å². The molecular formula is C20H31F3N8O2. The van der Waals surface area contributed by atoms with Crippen LogP contribution in [-0.4, -0.2) is 78.3 Å². The van der Waals surface area contributed by atoms with Gasteiger partial charge in [-0.1, -0.05) is 13.8 Å². The normalized spacial score (nSPS) is 19.9. The number of hydrogen-bond acceptors (Lipinski definition) is 8. The number of nitrogens with two attached hydrogens (primary N) is 1. The third-order valence-corrected chi connectivity index (χ3v) is 5.56. The lowest BCUT2D eigenvalue weighted by Crippen LogP contribution is -2.58. The van der Waals surface area contributed by atoms with E-state index < -0.39 is 23.4 Å². The van der Waals surface area contributed by atoms with Crippen LogP contribution in [0.2, 0.25) is 0 Å². The number of likely N-dealkylation sites (tertiary alicyclic amines) is 1. The quantitative estimate of drug-likeness (QED) is 0.440. The highest BCUT2D eigenvalue weighted by Gasteiger charge is 2.40. The van der Waals surface area contributed by atoms with Crippen molar-refractivity contribution in [1.82, 2.24) is 14.9 Å². The van der Waals surface area contributed by atoms with E-state index in [4.69, 9.17) is 5.73 Å². The lowest BCUT2D eigenvalue weighted by molar-refractivity contribution is -0.131. The van der Waals surface area contributed by atoms with Gasteiger partial charge in [0.2, 0.25) is 11.9 Å². The lowest BCUT2D eigenvalue weighted by Gasteiger charge is -2.40. The van der Waals surface area contributed by atoms with Crippen LogP contribution in [0, 0.1) is 12.8 Å². The molecule has 1 fully saturated rings. The summed E-state index contributed by atoms with van der Waals surface area (Å²) in [5.41, 5.74) is 4.07. The van der Waals surface area contributed by atoms with Gasteiger partial charge in [-0.3, -0.25) is 14.6 Å². The van der Waals surface area contributed by atoms with E-state index in [2.05, 4.69) is 25.6 Å². The minimum absolute atomic E-state index is 0. The average Bonchev–Trinajstić information content (AvgIpc) is 2.67. The van der Waals surface area contributed by atoms with Crippen LogP contribution in [0.1, 0.15) is 22.4 Å². The molecule has 13 heteroatoms. The summed E-state index contributed by atoms with van der Waals surface area (Å²) < 4.78 is 38.9. The van der Waals surface area contributed by atoms with E-state index in [-0.39, 0.29) is 39.9 Å². The standard InChI is InChI=1S/C20H27F3N8O2.2H2/c1-9(2)14-17(32)28-13-10(3)26-19(29-16(13)30(14)5)27-11-7-31(8-11)18(33)12(6-25-4)15(24)20(21,22)23;;/h6,9,11,14H,7-8,24H2,1-5H3,(H,28,32)(H,26,27,29);2*1H/b15-12+,25-6?;;/t14-;;/m0../s1. The number of halogens is 3. The van der Waals surface area contributed by atoms with Gasteiger partial charge in [-0.05, 0) is 12.8 Å². The fourth-order valence-corrected chi connectivity index (χ4v) is 3.89. The van der Waals surface area contributed by atoms with Crippen molar-refractivity contribution < 1.29 is 25.6 Å². The minimum Gasteiger partial charge on any atom is -0.394 e. The number of hydrogen-bond donors (Lipinski definition) is 3. The Kier molecular flexibility index (Phi) is 6.52. The van der Waals surface area contributed by atoms with Crippen LogP contribution in [0.5, 0.6) is 0 Å². The number of nitrogens with zero attached hydrogens (tertiary/aromatic N) is 5. The van der Waals surface area contributed by atoms with Crippen molar-refractivity contribution in [3.8, 4) is 0 Å². The van der Waals surface area contributed by atoms with Crippen molar-refractivity contribution in [2.75, 3.05) is 42.7 Å². The van der Waals surface area contributed by atoms with Crippen LogP contribution in [0.3, 0.4) is 0 Å². The van der Waals surface area contributed by atoms with E-state index in [1.165, 1.54) is 11.9 Å². The van der Waals surface area contributed by atoms with Crippen molar-refractivity contribution in [1.29, 1.82) is 0 Å². The Morgan fingerprint density at radius 3 is 2.55 bits per heavy atom. The molecule has 2 aliphatic rings. The fraction of sp³-hybridized carbons (Fsp3) is 0.550. The first-order valence-corrected chi connectivity index (χ1v) is 10.3. The van der Waals surface area contributed by atoms with E-state index in [0.717, 1.165) is 6.21 Å². The molecule has 3 rings (SSSR count). The van der Waals surface area contributed by atoms with Gasteiger partial charge in [0.15, 0.2) is 5.82 Å². The number of carbonyl (C=O) groups is 2. The first kappa shape index (κ1) is 24.3. The number of amides is 2. The van der Waals surface area contributed by atoms with E-state index in [9.17, 15) is 22.8 Å². The molecule has 2 amide bonds. The monoisotopic (exact) mass is 472 g/mol. The number of carbonyl (C=O) groups excluding carboxylic acids is 2. The number of allylic oxidation sites excluding steroid dienone is 1. The highest BCUT2D eigenvalue weighted by molar-refractivity contribution is 6.13. The largest absolute Gasteiger partial charge is 0.431 e. The Labute approximate surface area is 192 Å². The van der Waals surface area contributed by atoms with Crippen LogP contribution in [0.4, 0.5) is 30.6 Å². The first-order chi connectivity index (χ1) is 15.3. The van der Waals surface area contributed by atoms with Crippen molar-refractivity contribution in [2.45, 2.75) is 39.0 Å². The van der Waals surface area contributed by atoms with E-state index in [1.807, 2.05) is 13.8 Å². The summed E-state index contributed by atoms with van der Waals surface area (Å²) in [6.07, 6.45) is -4.02. The summed E-state index contributed by atoms with van der Waals surface area (Å²) in [6, 6.07) is -0.649. The van der Waals surface area contributed by atoms with Crippen LogP contribution in [0.15, 0.2) is 16.3 Å². The molecule has 1 aromatic heterocycles. The second kappa shape index (κ2) is 8.87. The maximum Gasteiger partial charge on any atom is 0.431 e. The molecule has 0 unspecified atom stereocenters. The molecular weight excluding hydrogens is 441 g/mol. The predicted molar refractivity (Wildman–Crippen MR) is 122 cm³/mol. The molecule has 3 heterocycles. The summed E-state index contributed by atoms with van der Waals surface area (Å²) in [5, 5.41) is 5.96. The highest BCUT2D eigenvalue weighted by atomic mass is 19.4. The van der Waals surface area contributed by atoms with Gasteiger partial charge >= 0.3 is 6.18 Å². The number of aromatic nitrogens is 2. The molecule has 2 aliphatic heterocycles. The molecule has 4 N–H and O–H groups in total. The van der Waals surface area contributed by atoms with Gasteiger partial charge in [0, 0.05) is 36.3 Å². The third-order valence-electron chi connectivity index (χ3n) is 5.56. The third kappa shape index (κ3) is 4.71. The molecule has 0 aliphatic carbocycles. The van der Waals surface area contributed by atoms with Crippen molar-refractivity contribution in [3.05, 3.63) is 17.0 Å². The first-order valence-electron chi connectivity index (χ1n) is 10.3. The number of fused-ring (bicyclic) bond motifs is 1. The molecule has 0 saturated carbocycles. The van der Waals surface area contributed by atoms with E-state index >= 15 is 0 Å². The molecule has 1 saturated heterocycles. The topological polar surface area (TPSA) is 129 Å². The molecule has 10 nitrogen and oxygen atoms in total. The van der Waals surface area contributed by atoms with Gasteiger partial charge in [-0.15, -0.1) is 0 Å². The second-order valence-corrected chi connectivity index (χ2v) is 8.38. The summed E-state index contributed by atoms with van der Waals surface area (Å²) in [7, 11) is 3.05. The Morgan fingerprint density at radius 2 is 2.00 bits per heavy atom. The van der Waals surface area contributed by atoms with Gasteiger partial charge in [0.1, 0.15) is 17.4 Å². The summed E-state index contributed by atoms with van der Waals surface area (Å²) in [6.45, 7) is 5.91. The lowest BCUT2D eigenvalue weighted by atomic mass is 9.99. The fourth-order valence-electron chi connectivity index (χ4n) is 3.89. The predicted octanol–water partition coefficient (Wildman–Crippen LogP) is 1.79. The van der Waals surface area contributed by atoms with Crippen LogP contribution in [0.25, 0.3) is 0 Å². The zero-order chi connectivity index (χ0) is 24.7. The molecule has 33 heavy (non-hydrogen) atoms. The Balaban J connectivity index is 0.00000306. The zero-order valence-electron chi connectivity index (χ0n) is 19.0. The van der Waals surface area contributed by atoms with Crippen LogP contribution >= 0.6 is 0 Å². The molecule has 0 spiro atoms. The van der Waals surface area contributed by atoms with Gasteiger partial charge in [0.05, 0.1) is 17.3 Å². The number of likely N-dealkylation sites (N-methyl/N-ethyl adjacent to an activating group) is 1. The summed E-state index contributed by atoms with van der Waals surface area (Å²) in [5.74, 6) is -0.0529. The SMILES string of the molecule is CN=C/C(C(=O)N1CC(Nc2nc(C)c3c(n2)N(C)[C@@H](C(C)C)C(=O)N3)C1)=C(\N)C(F)(F)F.[HH].[HH]. The number of rotatable bonds is 5. The summed E-state index contributed by atoms with van der Waals surface area (Å²) in [4.78, 5) is 40.4. The molecule has 0 bridgehead atoms. The van der Waals surface area contributed by atoms with Gasteiger partial charge in [-0.25, -0.2) is 4.98 Å². The Hall–Kier alpha value is -3.38.